The topological polar surface area (TPSA) is 112 Å². The first-order valence-electron chi connectivity index (χ1n) is 10.6. The van der Waals surface area contributed by atoms with Crippen molar-refractivity contribution in [1.82, 2.24) is 0 Å². The predicted octanol–water partition coefficient (Wildman–Crippen LogP) is 3.39. The number of hydrogen-bond acceptors (Lipinski definition) is 8. The highest BCUT2D eigenvalue weighted by Crippen LogP contribution is 2.13. The number of aliphatic hydroxyl groups is 2. The fraction of sp³-hybridized carbons (Fsp3) is 0.308. The van der Waals surface area contributed by atoms with Crippen molar-refractivity contribution >= 4 is 23.1 Å². The van der Waals surface area contributed by atoms with Crippen LogP contribution in [0.1, 0.15) is 11.1 Å². The van der Waals surface area contributed by atoms with Crippen molar-refractivity contribution in [2.24, 2.45) is 0 Å². The van der Waals surface area contributed by atoms with Gasteiger partial charge < -0.3 is 29.2 Å². The summed E-state index contributed by atoms with van der Waals surface area (Å²) in [6.07, 6.45) is 0.735. The molecule has 0 spiro atoms. The zero-order chi connectivity index (χ0) is 24.8. The Hall–Kier alpha value is -3.30. The average Bonchev–Trinajstić information content (AvgIpc) is 2.85. The summed E-state index contributed by atoms with van der Waals surface area (Å²) in [5, 5.41) is 20.2. The van der Waals surface area contributed by atoms with Gasteiger partial charge in [-0.1, -0.05) is 60.7 Å². The van der Waals surface area contributed by atoms with Crippen LogP contribution < -0.4 is 0 Å². The van der Waals surface area contributed by atoms with Crippen LogP contribution in [0.25, 0.3) is 11.5 Å². The van der Waals surface area contributed by atoms with Crippen LogP contribution in [-0.4, -0.2) is 74.6 Å². The molecule has 8 nitrogen and oxygen atoms in total. The first-order valence-corrected chi connectivity index (χ1v) is 10.6. The summed E-state index contributed by atoms with van der Waals surface area (Å²) in [7, 11) is 2.93. The number of methoxy groups -OCH3 is 2. The number of benzene rings is 2. The van der Waals surface area contributed by atoms with Crippen LogP contribution in [0.3, 0.4) is 0 Å². The van der Waals surface area contributed by atoms with Crippen molar-refractivity contribution in [2.45, 2.75) is 12.2 Å². The van der Waals surface area contributed by atoms with Crippen LogP contribution in [0.4, 0.5) is 0 Å². The van der Waals surface area contributed by atoms with Gasteiger partial charge in [-0.05, 0) is 0 Å². The van der Waals surface area contributed by atoms with E-state index in [9.17, 15) is 19.8 Å². The van der Waals surface area contributed by atoms with Gasteiger partial charge in [-0.25, -0.2) is 0 Å². The summed E-state index contributed by atoms with van der Waals surface area (Å²) in [6.45, 7) is -0.516. The monoisotopic (exact) mass is 470 g/mol. The maximum atomic E-state index is 12.3. The van der Waals surface area contributed by atoms with Crippen LogP contribution in [0.2, 0.25) is 0 Å². The van der Waals surface area contributed by atoms with Gasteiger partial charge in [0.2, 0.25) is 0 Å². The van der Waals surface area contributed by atoms with Gasteiger partial charge in [0, 0.05) is 37.5 Å². The molecule has 182 valence electrons. The molecule has 0 radical (unpaired) electrons. The van der Waals surface area contributed by atoms with E-state index in [4.69, 9.17) is 18.9 Å². The van der Waals surface area contributed by atoms with Gasteiger partial charge in [0.1, 0.15) is 36.9 Å². The molecule has 2 aromatic carbocycles. The Balaban J connectivity index is 1.97. The highest BCUT2D eigenvalue weighted by Gasteiger charge is 2.25. The Labute approximate surface area is 199 Å². The minimum atomic E-state index is -0.722. The Morgan fingerprint density at radius 3 is 1.38 bits per heavy atom. The molecule has 8 heteroatoms. The van der Waals surface area contributed by atoms with Gasteiger partial charge in [-0.3, -0.25) is 9.59 Å². The summed E-state index contributed by atoms with van der Waals surface area (Å²) in [4.78, 5) is 24.5. The number of ether oxygens (including phenoxy) is 4. The van der Waals surface area contributed by atoms with E-state index in [1.165, 1.54) is 14.2 Å². The summed E-state index contributed by atoms with van der Waals surface area (Å²) < 4.78 is 21.7. The Morgan fingerprint density at radius 1 is 0.706 bits per heavy atom. The van der Waals surface area contributed by atoms with Crippen molar-refractivity contribution < 1.29 is 38.7 Å². The molecule has 2 rings (SSSR count). The normalized spacial score (nSPS) is 13.9. The van der Waals surface area contributed by atoms with Gasteiger partial charge in [-0.15, -0.1) is 0 Å². The minimum absolute atomic E-state index is 0.0784. The summed E-state index contributed by atoms with van der Waals surface area (Å²) in [5.41, 5.74) is 1.02. The summed E-state index contributed by atoms with van der Waals surface area (Å²) in [5.74, 6) is -1.24. The lowest BCUT2D eigenvalue weighted by Crippen LogP contribution is -2.40. The van der Waals surface area contributed by atoms with Crippen LogP contribution in [0.5, 0.6) is 0 Å². The first kappa shape index (κ1) is 26.9. The van der Waals surface area contributed by atoms with Crippen molar-refractivity contribution in [3.8, 4) is 0 Å². The number of carbonyl (C=O) groups is 2. The smallest absolute Gasteiger partial charge is 0.184 e. The van der Waals surface area contributed by atoms with E-state index in [1.807, 2.05) is 0 Å². The third-order valence-electron chi connectivity index (χ3n) is 4.69. The van der Waals surface area contributed by atoms with Gasteiger partial charge in [-0.2, -0.15) is 0 Å². The molecule has 2 N–H and O–H groups in total. The van der Waals surface area contributed by atoms with Gasteiger partial charge in [0.15, 0.2) is 11.6 Å². The molecule has 0 aliphatic heterocycles. The summed E-state index contributed by atoms with van der Waals surface area (Å²) in [6, 6.07) is 17.3. The SMILES string of the molecule is COC[C@H](OCC(=O)/C=C(\O)c1ccccc1)[C@H](COC)OCC(=O)/C=C(\O)c1ccccc1. The van der Waals surface area contributed by atoms with E-state index in [-0.39, 0.29) is 37.9 Å². The maximum absolute atomic E-state index is 12.3. The lowest BCUT2D eigenvalue weighted by molar-refractivity contribution is -0.143. The molecule has 0 aliphatic carbocycles. The number of aliphatic hydroxyl groups excluding tert-OH is 2. The molecule has 0 aromatic heterocycles. The van der Waals surface area contributed by atoms with Crippen LogP contribution >= 0.6 is 0 Å². The molecule has 0 saturated carbocycles. The largest absolute Gasteiger partial charge is 0.507 e. The van der Waals surface area contributed by atoms with E-state index in [2.05, 4.69) is 0 Å². The standard InChI is InChI=1S/C26H30O8/c1-31-17-25(33-15-21(27)13-23(29)19-9-5-3-6-10-19)26(18-32-2)34-16-22(28)14-24(30)20-11-7-4-8-12-20/h3-14,25-26,29-30H,15-18H2,1-2H3/b23-13-,24-14-/t25-,26-/m0/s1. The third-order valence-corrected chi connectivity index (χ3v) is 4.69. The quantitative estimate of drug-likeness (QED) is 0.301. The summed E-state index contributed by atoms with van der Waals surface area (Å²) >= 11 is 0. The fourth-order valence-electron chi connectivity index (χ4n) is 3.01. The van der Waals surface area contributed by atoms with Gasteiger partial charge in [0.25, 0.3) is 0 Å². The minimum Gasteiger partial charge on any atom is -0.507 e. The third kappa shape index (κ3) is 9.29. The molecule has 0 unspecified atom stereocenters. The molecule has 0 aliphatic rings. The van der Waals surface area contributed by atoms with Crippen LogP contribution in [0.15, 0.2) is 72.8 Å². The zero-order valence-corrected chi connectivity index (χ0v) is 19.3. The van der Waals surface area contributed by atoms with Gasteiger partial charge >= 0.3 is 0 Å². The van der Waals surface area contributed by atoms with Crippen molar-refractivity contribution in [3.63, 3.8) is 0 Å². The fourth-order valence-corrected chi connectivity index (χ4v) is 3.01. The van der Waals surface area contributed by atoms with Crippen molar-refractivity contribution in [3.05, 3.63) is 83.9 Å². The molecule has 34 heavy (non-hydrogen) atoms. The predicted molar refractivity (Wildman–Crippen MR) is 127 cm³/mol. The van der Waals surface area contributed by atoms with E-state index in [1.54, 1.807) is 60.7 Å². The molecular weight excluding hydrogens is 440 g/mol. The van der Waals surface area contributed by atoms with Crippen LogP contribution in [0, 0.1) is 0 Å². The molecular formula is C26H30O8. The second-order valence-electron chi connectivity index (χ2n) is 7.33. The van der Waals surface area contributed by atoms with Gasteiger partial charge in [0.05, 0.1) is 13.2 Å². The van der Waals surface area contributed by atoms with Crippen LogP contribution in [-0.2, 0) is 28.5 Å². The Kier molecular flexibility index (Phi) is 11.7. The lowest BCUT2D eigenvalue weighted by Gasteiger charge is -2.26. The number of rotatable bonds is 15. The molecule has 0 fully saturated rings. The van der Waals surface area contributed by atoms with E-state index in [0.717, 1.165) is 12.2 Å². The van der Waals surface area contributed by atoms with E-state index in [0.29, 0.717) is 11.1 Å². The lowest BCUT2D eigenvalue weighted by atomic mass is 10.1. The van der Waals surface area contributed by atoms with Crippen molar-refractivity contribution in [2.75, 3.05) is 40.6 Å². The van der Waals surface area contributed by atoms with E-state index >= 15 is 0 Å². The Bertz CT molecular complexity index is 874. The molecule has 2 aromatic rings. The number of ketones is 2. The zero-order valence-electron chi connectivity index (χ0n) is 19.3. The molecule has 2 atom stereocenters. The molecule has 0 bridgehead atoms. The highest BCUT2D eigenvalue weighted by molar-refractivity contribution is 5.96. The second kappa shape index (κ2) is 14.8. The second-order valence-corrected chi connectivity index (χ2v) is 7.33. The molecule has 0 saturated heterocycles. The van der Waals surface area contributed by atoms with E-state index < -0.39 is 23.8 Å². The highest BCUT2D eigenvalue weighted by atomic mass is 16.6. The maximum Gasteiger partial charge on any atom is 0.184 e. The average molecular weight is 471 g/mol. The van der Waals surface area contributed by atoms with Crippen molar-refractivity contribution in [1.29, 1.82) is 0 Å². The first-order chi connectivity index (χ1) is 16.4. The number of carbonyl (C=O) groups excluding carboxylic acids is 2. The molecule has 0 heterocycles. The number of hydrogen-bond donors (Lipinski definition) is 2. The molecule has 0 amide bonds. The Morgan fingerprint density at radius 2 is 1.06 bits per heavy atom.